The third kappa shape index (κ3) is 3.67. The molecule has 1 N–H and O–H groups in total. The van der Waals surface area contributed by atoms with Gasteiger partial charge in [-0.25, -0.2) is 0 Å². The maximum absolute atomic E-state index is 6.09. The van der Waals surface area contributed by atoms with E-state index in [4.69, 9.17) is 11.6 Å². The molecule has 0 spiro atoms. The predicted octanol–water partition coefficient (Wildman–Crippen LogP) is 2.71. The molecular weight excluding hydrogens is 371 g/mol. The van der Waals surface area contributed by atoms with Gasteiger partial charge in [0.05, 0.1) is 5.52 Å². The number of hydrogen-bond donors (Lipinski definition) is 1. The van der Waals surface area contributed by atoms with Crippen molar-refractivity contribution in [3.8, 4) is 0 Å². The molecule has 5 heteroatoms. The summed E-state index contributed by atoms with van der Waals surface area (Å²) < 4.78 is 1.06. The summed E-state index contributed by atoms with van der Waals surface area (Å²) in [6.07, 6.45) is 0. The van der Waals surface area contributed by atoms with Crippen LogP contribution in [-0.4, -0.2) is 4.98 Å². The van der Waals surface area contributed by atoms with Gasteiger partial charge in [0, 0.05) is 32.0 Å². The molecule has 0 bridgehead atoms. The van der Waals surface area contributed by atoms with Crippen LogP contribution in [0.3, 0.4) is 0 Å². The number of aromatic nitrogens is 1. The number of fused-ring (bicyclic) bond motifs is 1. The standard InChI is InChI=1S/C16H12BrClN2.ClH/c1-10-8-16(20-13-5-2-11(17)3-6-13)14-9-12(18)4-7-15(14)19-10;/h2-9H,1H3,(H,19,20);1H/p-1. The molecule has 0 aliphatic carbocycles. The van der Waals surface area contributed by atoms with E-state index in [1.54, 1.807) is 0 Å². The van der Waals surface area contributed by atoms with Crippen LogP contribution in [0, 0.1) is 6.92 Å². The van der Waals surface area contributed by atoms with Crippen molar-refractivity contribution in [1.82, 2.24) is 4.98 Å². The Balaban J connectivity index is 0.00000161. The molecular formula is C16H12BrCl2N2-. The van der Waals surface area contributed by atoms with Crippen LogP contribution in [-0.2, 0) is 0 Å². The Morgan fingerprint density at radius 1 is 1.05 bits per heavy atom. The minimum absolute atomic E-state index is 0. The highest BCUT2D eigenvalue weighted by Crippen LogP contribution is 2.29. The van der Waals surface area contributed by atoms with Gasteiger partial charge in [0.2, 0.25) is 0 Å². The summed E-state index contributed by atoms with van der Waals surface area (Å²) in [5.74, 6) is 0. The molecule has 1 heterocycles. The average Bonchev–Trinajstić information content (AvgIpc) is 2.42. The SMILES string of the molecule is Cc1cc(Nc2ccc(Br)cc2)c2cc(Cl)ccc2n1.[Cl-]. The van der Waals surface area contributed by atoms with Gasteiger partial charge in [-0.15, -0.1) is 0 Å². The number of nitrogens with zero attached hydrogens (tertiary/aromatic N) is 1. The van der Waals surface area contributed by atoms with E-state index in [1.165, 1.54) is 0 Å². The number of rotatable bonds is 2. The summed E-state index contributed by atoms with van der Waals surface area (Å²) in [4.78, 5) is 4.53. The van der Waals surface area contributed by atoms with Crippen molar-refractivity contribution in [2.24, 2.45) is 0 Å². The zero-order valence-corrected chi connectivity index (χ0v) is 14.3. The van der Waals surface area contributed by atoms with E-state index < -0.39 is 0 Å². The van der Waals surface area contributed by atoms with Crippen LogP contribution in [0.4, 0.5) is 11.4 Å². The number of pyridine rings is 1. The van der Waals surface area contributed by atoms with Crippen molar-refractivity contribution in [1.29, 1.82) is 0 Å². The molecule has 0 fully saturated rings. The largest absolute Gasteiger partial charge is 1.00 e. The Bertz CT molecular complexity index is 773. The molecule has 108 valence electrons. The number of aryl methyl sites for hydroxylation is 1. The van der Waals surface area contributed by atoms with E-state index in [1.807, 2.05) is 55.5 Å². The van der Waals surface area contributed by atoms with Crippen LogP contribution in [0.2, 0.25) is 5.02 Å². The Labute approximate surface area is 143 Å². The van der Waals surface area contributed by atoms with E-state index >= 15 is 0 Å². The van der Waals surface area contributed by atoms with Gasteiger partial charge < -0.3 is 17.7 Å². The predicted molar refractivity (Wildman–Crippen MR) is 88.9 cm³/mol. The van der Waals surface area contributed by atoms with Crippen LogP contribution in [0.25, 0.3) is 10.9 Å². The Kier molecular flexibility index (Phi) is 5.09. The molecule has 2 nitrogen and oxygen atoms in total. The van der Waals surface area contributed by atoms with Crippen LogP contribution in [0.1, 0.15) is 5.69 Å². The van der Waals surface area contributed by atoms with Gasteiger partial charge in [-0.05, 0) is 55.5 Å². The van der Waals surface area contributed by atoms with Crippen LogP contribution < -0.4 is 17.7 Å². The van der Waals surface area contributed by atoms with E-state index in [0.717, 1.165) is 32.4 Å². The number of benzene rings is 2. The molecule has 0 radical (unpaired) electrons. The summed E-state index contributed by atoms with van der Waals surface area (Å²) in [5.41, 5.74) is 3.95. The minimum Gasteiger partial charge on any atom is -1.00 e. The van der Waals surface area contributed by atoms with Crippen molar-refractivity contribution < 1.29 is 12.4 Å². The molecule has 3 rings (SSSR count). The first-order valence-corrected chi connectivity index (χ1v) is 7.38. The van der Waals surface area contributed by atoms with Crippen LogP contribution in [0.15, 0.2) is 53.0 Å². The fourth-order valence-electron chi connectivity index (χ4n) is 2.12. The minimum atomic E-state index is 0. The van der Waals surface area contributed by atoms with Gasteiger partial charge in [0.25, 0.3) is 0 Å². The molecule has 3 aromatic rings. The molecule has 2 aromatic carbocycles. The highest BCUT2D eigenvalue weighted by atomic mass is 79.9. The highest BCUT2D eigenvalue weighted by Gasteiger charge is 2.05. The topological polar surface area (TPSA) is 24.9 Å². The van der Waals surface area contributed by atoms with E-state index in [2.05, 4.69) is 26.2 Å². The second kappa shape index (κ2) is 6.65. The highest BCUT2D eigenvalue weighted by molar-refractivity contribution is 9.10. The van der Waals surface area contributed by atoms with Gasteiger partial charge in [-0.3, -0.25) is 4.98 Å². The number of anilines is 2. The van der Waals surface area contributed by atoms with E-state index in [0.29, 0.717) is 5.02 Å². The first kappa shape index (κ1) is 16.1. The first-order chi connectivity index (χ1) is 9.61. The summed E-state index contributed by atoms with van der Waals surface area (Å²) >= 11 is 9.53. The Morgan fingerprint density at radius 3 is 2.48 bits per heavy atom. The third-order valence-electron chi connectivity index (χ3n) is 3.02. The van der Waals surface area contributed by atoms with Gasteiger partial charge in [-0.2, -0.15) is 0 Å². The lowest BCUT2D eigenvalue weighted by atomic mass is 10.1. The van der Waals surface area contributed by atoms with Gasteiger partial charge in [-0.1, -0.05) is 27.5 Å². The zero-order chi connectivity index (χ0) is 14.1. The number of hydrogen-bond acceptors (Lipinski definition) is 2. The van der Waals surface area contributed by atoms with Crippen molar-refractivity contribution >= 4 is 49.8 Å². The normalized spacial score (nSPS) is 10.2. The van der Waals surface area contributed by atoms with Crippen molar-refractivity contribution in [3.05, 3.63) is 63.7 Å². The molecule has 0 aliphatic heterocycles. The lowest BCUT2D eigenvalue weighted by molar-refractivity contribution is -0.00000386. The molecule has 0 saturated carbocycles. The maximum Gasteiger partial charge on any atom is 0.0727 e. The van der Waals surface area contributed by atoms with Gasteiger partial charge in [0.1, 0.15) is 0 Å². The summed E-state index contributed by atoms with van der Waals surface area (Å²) in [5, 5.41) is 5.15. The van der Waals surface area contributed by atoms with E-state index in [9.17, 15) is 0 Å². The Hall–Kier alpha value is -1.29. The smallest absolute Gasteiger partial charge is 0.0727 e. The van der Waals surface area contributed by atoms with E-state index in [-0.39, 0.29) is 12.4 Å². The summed E-state index contributed by atoms with van der Waals surface area (Å²) in [6, 6.07) is 15.8. The third-order valence-corrected chi connectivity index (χ3v) is 3.79. The molecule has 0 unspecified atom stereocenters. The molecule has 0 aliphatic rings. The number of nitrogens with one attached hydrogen (secondary N) is 1. The fraction of sp³-hybridized carbons (Fsp3) is 0.0625. The summed E-state index contributed by atoms with van der Waals surface area (Å²) in [7, 11) is 0. The fourth-order valence-corrected chi connectivity index (χ4v) is 2.56. The maximum atomic E-state index is 6.09. The first-order valence-electron chi connectivity index (χ1n) is 6.21. The van der Waals surface area contributed by atoms with Gasteiger partial charge >= 0.3 is 0 Å². The molecule has 0 atom stereocenters. The van der Waals surface area contributed by atoms with Crippen LogP contribution in [0.5, 0.6) is 0 Å². The quantitative estimate of drug-likeness (QED) is 0.737. The average molecular weight is 383 g/mol. The molecule has 0 saturated heterocycles. The lowest BCUT2D eigenvalue weighted by Gasteiger charge is -2.11. The second-order valence-electron chi connectivity index (χ2n) is 4.60. The van der Waals surface area contributed by atoms with Crippen molar-refractivity contribution in [2.75, 3.05) is 5.32 Å². The van der Waals surface area contributed by atoms with Crippen LogP contribution >= 0.6 is 27.5 Å². The summed E-state index contributed by atoms with van der Waals surface area (Å²) in [6.45, 7) is 1.99. The second-order valence-corrected chi connectivity index (χ2v) is 5.96. The Morgan fingerprint density at radius 2 is 1.76 bits per heavy atom. The zero-order valence-electron chi connectivity index (χ0n) is 11.2. The lowest BCUT2D eigenvalue weighted by Crippen LogP contribution is -3.00. The number of halogens is 3. The molecule has 1 aromatic heterocycles. The monoisotopic (exact) mass is 381 g/mol. The van der Waals surface area contributed by atoms with Crippen molar-refractivity contribution in [3.63, 3.8) is 0 Å². The molecule has 0 amide bonds. The van der Waals surface area contributed by atoms with Crippen molar-refractivity contribution in [2.45, 2.75) is 6.92 Å². The molecule has 21 heavy (non-hydrogen) atoms. The van der Waals surface area contributed by atoms with Gasteiger partial charge in [0.15, 0.2) is 0 Å².